The van der Waals surface area contributed by atoms with Crippen LogP contribution in [0.2, 0.25) is 0 Å². The molecule has 2 aromatic rings. The van der Waals surface area contributed by atoms with Crippen LogP contribution in [0.5, 0.6) is 0 Å². The first-order valence-electron chi connectivity index (χ1n) is 4.77. The van der Waals surface area contributed by atoms with Crippen LogP contribution in [0.3, 0.4) is 0 Å². The molecule has 0 bridgehead atoms. The standard InChI is InChI=1S/C11H11N3O/c15-11(10-4-2-1-3-5-10)6-7-14-9-12-8-13-14/h1-5,8-9H,6-7H2. The lowest BCUT2D eigenvalue weighted by Crippen LogP contribution is -2.06. The molecule has 0 aliphatic heterocycles. The molecular formula is C11H11N3O. The molecule has 0 saturated heterocycles. The summed E-state index contributed by atoms with van der Waals surface area (Å²) in [5.41, 5.74) is 0.748. The number of carbonyl (C=O) groups excluding carboxylic acids is 1. The van der Waals surface area contributed by atoms with Gasteiger partial charge in [-0.2, -0.15) is 5.10 Å². The molecule has 0 radical (unpaired) electrons. The van der Waals surface area contributed by atoms with Crippen molar-refractivity contribution in [1.29, 1.82) is 0 Å². The van der Waals surface area contributed by atoms with Gasteiger partial charge in [-0.1, -0.05) is 30.3 Å². The van der Waals surface area contributed by atoms with E-state index in [9.17, 15) is 4.79 Å². The van der Waals surface area contributed by atoms with Crippen LogP contribution < -0.4 is 0 Å². The number of hydrogen-bond donors (Lipinski definition) is 0. The van der Waals surface area contributed by atoms with Gasteiger partial charge in [0.15, 0.2) is 5.78 Å². The molecule has 4 nitrogen and oxygen atoms in total. The van der Waals surface area contributed by atoms with Crippen LogP contribution in [0.4, 0.5) is 0 Å². The molecule has 0 N–H and O–H groups in total. The summed E-state index contributed by atoms with van der Waals surface area (Å²) in [5, 5.41) is 3.94. The molecule has 2 rings (SSSR count). The Labute approximate surface area is 87.6 Å². The van der Waals surface area contributed by atoms with Gasteiger partial charge in [-0.15, -0.1) is 0 Å². The molecule has 0 atom stereocenters. The van der Waals surface area contributed by atoms with Gasteiger partial charge in [-0.3, -0.25) is 9.48 Å². The predicted octanol–water partition coefficient (Wildman–Crippen LogP) is 1.55. The van der Waals surface area contributed by atoms with Gasteiger partial charge < -0.3 is 0 Å². The molecule has 0 saturated carbocycles. The van der Waals surface area contributed by atoms with E-state index >= 15 is 0 Å². The second-order valence-corrected chi connectivity index (χ2v) is 3.20. The van der Waals surface area contributed by atoms with E-state index in [1.54, 1.807) is 11.0 Å². The minimum Gasteiger partial charge on any atom is -0.294 e. The van der Waals surface area contributed by atoms with Gasteiger partial charge in [0.25, 0.3) is 0 Å². The molecule has 0 aliphatic carbocycles. The van der Waals surface area contributed by atoms with E-state index in [0.717, 1.165) is 5.56 Å². The molecule has 0 fully saturated rings. The second kappa shape index (κ2) is 4.50. The lowest BCUT2D eigenvalue weighted by atomic mass is 10.1. The summed E-state index contributed by atoms with van der Waals surface area (Å²) >= 11 is 0. The zero-order chi connectivity index (χ0) is 10.5. The van der Waals surface area contributed by atoms with Crippen molar-refractivity contribution in [3.8, 4) is 0 Å². The summed E-state index contributed by atoms with van der Waals surface area (Å²) in [6.45, 7) is 0.577. The third kappa shape index (κ3) is 2.49. The first kappa shape index (κ1) is 9.58. The average Bonchev–Trinajstić information content (AvgIpc) is 2.80. The van der Waals surface area contributed by atoms with Crippen LogP contribution >= 0.6 is 0 Å². The van der Waals surface area contributed by atoms with Crippen LogP contribution in [-0.4, -0.2) is 20.5 Å². The maximum atomic E-state index is 11.7. The highest BCUT2D eigenvalue weighted by molar-refractivity contribution is 5.95. The smallest absolute Gasteiger partial charge is 0.164 e. The second-order valence-electron chi connectivity index (χ2n) is 3.20. The molecule has 1 aromatic carbocycles. The van der Waals surface area contributed by atoms with Crippen molar-refractivity contribution in [1.82, 2.24) is 14.8 Å². The molecule has 0 aliphatic rings. The van der Waals surface area contributed by atoms with Crippen LogP contribution in [0.1, 0.15) is 16.8 Å². The zero-order valence-corrected chi connectivity index (χ0v) is 8.21. The van der Waals surface area contributed by atoms with Crippen molar-refractivity contribution < 1.29 is 4.79 Å². The Balaban J connectivity index is 1.94. The number of nitrogens with zero attached hydrogens (tertiary/aromatic N) is 3. The number of benzene rings is 1. The third-order valence-corrected chi connectivity index (χ3v) is 2.13. The number of aryl methyl sites for hydroxylation is 1. The van der Waals surface area contributed by atoms with Crippen molar-refractivity contribution >= 4 is 5.78 Å². The van der Waals surface area contributed by atoms with Gasteiger partial charge in [0.2, 0.25) is 0 Å². The minimum absolute atomic E-state index is 0.131. The summed E-state index contributed by atoms with van der Waals surface area (Å²) in [6, 6.07) is 9.27. The van der Waals surface area contributed by atoms with Crippen molar-refractivity contribution in [2.24, 2.45) is 0 Å². The largest absolute Gasteiger partial charge is 0.294 e. The number of hydrogen-bond acceptors (Lipinski definition) is 3. The number of Topliss-reactive ketones (excluding diaryl/α,β-unsaturated/α-hetero) is 1. The fraction of sp³-hybridized carbons (Fsp3) is 0.182. The van der Waals surface area contributed by atoms with Crippen molar-refractivity contribution in [3.05, 3.63) is 48.5 Å². The van der Waals surface area contributed by atoms with E-state index in [1.807, 2.05) is 30.3 Å². The van der Waals surface area contributed by atoms with Gasteiger partial charge in [-0.05, 0) is 0 Å². The summed E-state index contributed by atoms with van der Waals surface area (Å²) in [4.78, 5) is 15.5. The van der Waals surface area contributed by atoms with E-state index in [2.05, 4.69) is 10.1 Å². The van der Waals surface area contributed by atoms with Gasteiger partial charge in [0, 0.05) is 18.5 Å². The first-order chi connectivity index (χ1) is 7.36. The molecule has 0 amide bonds. The number of ketones is 1. The maximum Gasteiger partial charge on any atom is 0.164 e. The van der Waals surface area contributed by atoms with Crippen molar-refractivity contribution in [3.63, 3.8) is 0 Å². The van der Waals surface area contributed by atoms with E-state index in [4.69, 9.17) is 0 Å². The molecule has 1 aromatic heterocycles. The highest BCUT2D eigenvalue weighted by atomic mass is 16.1. The third-order valence-electron chi connectivity index (χ3n) is 2.13. The Morgan fingerprint density at radius 3 is 2.73 bits per heavy atom. The van der Waals surface area contributed by atoms with Crippen molar-refractivity contribution in [2.45, 2.75) is 13.0 Å². The fourth-order valence-electron chi connectivity index (χ4n) is 1.33. The normalized spacial score (nSPS) is 10.1. The molecule has 0 spiro atoms. The molecule has 15 heavy (non-hydrogen) atoms. The van der Waals surface area contributed by atoms with Gasteiger partial charge in [0.05, 0.1) is 0 Å². The number of rotatable bonds is 4. The van der Waals surface area contributed by atoms with Crippen LogP contribution in [0.25, 0.3) is 0 Å². The maximum absolute atomic E-state index is 11.7. The summed E-state index contributed by atoms with van der Waals surface area (Å²) < 4.78 is 1.65. The number of carbonyl (C=O) groups is 1. The Morgan fingerprint density at radius 1 is 1.27 bits per heavy atom. The lowest BCUT2D eigenvalue weighted by Gasteiger charge is -2.00. The number of aromatic nitrogens is 3. The van der Waals surface area contributed by atoms with E-state index in [0.29, 0.717) is 13.0 Å². The summed E-state index contributed by atoms with van der Waals surface area (Å²) in [6.07, 6.45) is 3.53. The van der Waals surface area contributed by atoms with Gasteiger partial charge in [0.1, 0.15) is 12.7 Å². The van der Waals surface area contributed by atoms with E-state index < -0.39 is 0 Å². The molecule has 76 valence electrons. The Hall–Kier alpha value is -1.97. The monoisotopic (exact) mass is 201 g/mol. The SMILES string of the molecule is O=C(CCn1cncn1)c1ccccc1. The Kier molecular flexibility index (Phi) is 2.88. The van der Waals surface area contributed by atoms with Crippen molar-refractivity contribution in [2.75, 3.05) is 0 Å². The predicted molar refractivity (Wildman–Crippen MR) is 55.4 cm³/mol. The topological polar surface area (TPSA) is 47.8 Å². The van der Waals surface area contributed by atoms with E-state index in [1.165, 1.54) is 6.33 Å². The highest BCUT2D eigenvalue weighted by Gasteiger charge is 2.04. The lowest BCUT2D eigenvalue weighted by molar-refractivity contribution is 0.0975. The quantitative estimate of drug-likeness (QED) is 0.705. The molecule has 0 unspecified atom stereocenters. The molecule has 4 heteroatoms. The summed E-state index contributed by atoms with van der Waals surface area (Å²) in [7, 11) is 0. The fourth-order valence-corrected chi connectivity index (χ4v) is 1.33. The van der Waals surface area contributed by atoms with Crippen LogP contribution in [0, 0.1) is 0 Å². The first-order valence-corrected chi connectivity index (χ1v) is 4.77. The van der Waals surface area contributed by atoms with Crippen LogP contribution in [0.15, 0.2) is 43.0 Å². The summed E-state index contributed by atoms with van der Waals surface area (Å²) in [5.74, 6) is 0.131. The Bertz CT molecular complexity index is 422. The molecular weight excluding hydrogens is 190 g/mol. The highest BCUT2D eigenvalue weighted by Crippen LogP contribution is 2.03. The average molecular weight is 201 g/mol. The van der Waals surface area contributed by atoms with Crippen LogP contribution in [-0.2, 0) is 6.54 Å². The van der Waals surface area contributed by atoms with Gasteiger partial charge in [-0.25, -0.2) is 4.98 Å². The Morgan fingerprint density at radius 2 is 2.07 bits per heavy atom. The van der Waals surface area contributed by atoms with Gasteiger partial charge >= 0.3 is 0 Å². The minimum atomic E-state index is 0.131. The zero-order valence-electron chi connectivity index (χ0n) is 8.21. The van der Waals surface area contributed by atoms with E-state index in [-0.39, 0.29) is 5.78 Å². The molecule has 1 heterocycles.